The minimum atomic E-state index is -0.363. The van der Waals surface area contributed by atoms with Crippen LogP contribution in [0.2, 0.25) is 0 Å². The predicted octanol–water partition coefficient (Wildman–Crippen LogP) is 9.97. The molecule has 2 unspecified atom stereocenters. The van der Waals surface area contributed by atoms with Crippen LogP contribution >= 0.6 is 23.5 Å². The van der Waals surface area contributed by atoms with Crippen molar-refractivity contribution in [2.75, 3.05) is 45.5 Å². The fourth-order valence-electron chi connectivity index (χ4n) is 9.39. The predicted molar refractivity (Wildman–Crippen MR) is 207 cm³/mol. The van der Waals surface area contributed by atoms with Gasteiger partial charge in [0.15, 0.2) is 0 Å². The molecular weight excluding hydrogens is 641 g/mol. The fraction of sp³-hybridized carbons (Fsp3) is 0.349. The second-order valence-electron chi connectivity index (χ2n) is 13.9. The first-order chi connectivity index (χ1) is 24.2. The van der Waals surface area contributed by atoms with Gasteiger partial charge in [0, 0.05) is 64.9 Å². The Kier molecular flexibility index (Phi) is 8.00. The number of methoxy groups -OCH3 is 2. The van der Waals surface area contributed by atoms with Crippen molar-refractivity contribution in [3.8, 4) is 11.5 Å². The summed E-state index contributed by atoms with van der Waals surface area (Å²) < 4.78 is 10.7. The van der Waals surface area contributed by atoms with Crippen LogP contribution in [0.3, 0.4) is 0 Å². The van der Waals surface area contributed by atoms with E-state index in [-0.39, 0.29) is 9.49 Å². The van der Waals surface area contributed by atoms with Crippen LogP contribution in [-0.4, -0.2) is 55.3 Å². The maximum Gasteiger partial charge on any atom is 0.118 e. The summed E-state index contributed by atoms with van der Waals surface area (Å²) in [7, 11) is 3.53. The Labute approximate surface area is 299 Å². The van der Waals surface area contributed by atoms with Crippen LogP contribution < -0.4 is 9.47 Å². The molecule has 2 spiro atoms. The number of ether oxygens (including phenoxy) is 2. The van der Waals surface area contributed by atoms with Gasteiger partial charge in [-0.25, -0.2) is 0 Å². The summed E-state index contributed by atoms with van der Waals surface area (Å²) >= 11 is 4.32. The Hall–Kier alpha value is -3.74. The van der Waals surface area contributed by atoms with Crippen molar-refractivity contribution >= 4 is 46.1 Å². The molecule has 9 rings (SSSR count). The van der Waals surface area contributed by atoms with E-state index in [0.717, 1.165) is 42.8 Å². The third-order valence-corrected chi connectivity index (χ3v) is 14.8. The molecule has 0 N–H and O–H groups in total. The number of hydrogen-bond acceptors (Lipinski definition) is 6. The molecule has 5 aliphatic rings. The molecule has 3 fully saturated rings. The van der Waals surface area contributed by atoms with Gasteiger partial charge in [0.05, 0.1) is 23.7 Å². The van der Waals surface area contributed by atoms with Crippen LogP contribution in [-0.2, 0) is 9.49 Å². The molecule has 4 aromatic carbocycles. The topological polar surface area (TPSA) is 24.9 Å². The summed E-state index contributed by atoms with van der Waals surface area (Å²) in [5.74, 6) is 1.79. The fourth-order valence-corrected chi connectivity index (χ4v) is 13.6. The van der Waals surface area contributed by atoms with Gasteiger partial charge in [0.25, 0.3) is 0 Å². The zero-order valence-corrected chi connectivity index (χ0v) is 30.2. The Bertz CT molecular complexity index is 1800. The summed E-state index contributed by atoms with van der Waals surface area (Å²) in [5.41, 5.74) is 14.1. The van der Waals surface area contributed by atoms with Crippen molar-refractivity contribution in [3.05, 3.63) is 130 Å². The van der Waals surface area contributed by atoms with Crippen LogP contribution in [0.15, 0.2) is 97.1 Å². The normalized spacial score (nSPS) is 24.6. The Morgan fingerprint density at radius 2 is 0.878 bits per heavy atom. The van der Waals surface area contributed by atoms with E-state index in [1.807, 2.05) is 0 Å². The van der Waals surface area contributed by atoms with Gasteiger partial charge in [0.2, 0.25) is 0 Å². The highest BCUT2D eigenvalue weighted by Crippen LogP contribution is 2.79. The number of likely N-dealkylation sites (tertiary alicyclic amines) is 2. The number of rotatable bonds is 6. The largest absolute Gasteiger partial charge is 0.497 e. The second kappa shape index (κ2) is 12.5. The minimum Gasteiger partial charge on any atom is -0.497 e. The lowest BCUT2D eigenvalue weighted by Gasteiger charge is -2.45. The molecule has 49 heavy (non-hydrogen) atoms. The Morgan fingerprint density at radius 3 is 1.27 bits per heavy atom. The first-order valence-corrected chi connectivity index (χ1v) is 19.9. The molecule has 0 aromatic heterocycles. The first kappa shape index (κ1) is 31.3. The van der Waals surface area contributed by atoms with Crippen LogP contribution in [0.4, 0.5) is 0 Å². The molecule has 2 aliphatic carbocycles. The molecule has 2 atom stereocenters. The van der Waals surface area contributed by atoms with Gasteiger partial charge in [-0.15, -0.1) is 23.5 Å². The maximum absolute atomic E-state index is 5.71. The molecule has 3 aliphatic heterocycles. The monoisotopic (exact) mass is 684 g/mol. The molecule has 0 amide bonds. The number of thioether (sulfide) groups is 2. The van der Waals surface area contributed by atoms with Gasteiger partial charge in [0.1, 0.15) is 11.5 Å². The smallest absolute Gasteiger partial charge is 0.118 e. The van der Waals surface area contributed by atoms with Crippen LogP contribution in [0.5, 0.6) is 11.5 Å². The van der Waals surface area contributed by atoms with Gasteiger partial charge < -0.3 is 19.3 Å². The summed E-state index contributed by atoms with van der Waals surface area (Å²) in [6, 6.07) is 36.8. The molecule has 3 saturated heterocycles. The SMILES string of the molecule is COc1ccc(C2=C(N3CCCCC3)c3ccccc3C23SCSC32C(c3ccc(OC)cc3)=C(N3CCCCC3)c3ccccc32)cc1. The van der Waals surface area contributed by atoms with Crippen LogP contribution in [0.25, 0.3) is 22.5 Å². The highest BCUT2D eigenvalue weighted by atomic mass is 32.2. The summed E-state index contributed by atoms with van der Waals surface area (Å²) in [4.78, 5) is 5.47. The van der Waals surface area contributed by atoms with Gasteiger partial charge >= 0.3 is 0 Å². The molecule has 0 bridgehead atoms. The lowest BCUT2D eigenvalue weighted by Crippen LogP contribution is -2.42. The minimum absolute atomic E-state index is 0.363. The molecule has 4 nitrogen and oxygen atoms in total. The summed E-state index contributed by atoms with van der Waals surface area (Å²) in [6.07, 6.45) is 7.56. The van der Waals surface area contributed by atoms with E-state index in [1.165, 1.54) is 94.4 Å². The average molecular weight is 685 g/mol. The summed E-state index contributed by atoms with van der Waals surface area (Å²) in [6.45, 7) is 4.39. The highest BCUT2D eigenvalue weighted by Gasteiger charge is 2.69. The molecule has 6 heteroatoms. The van der Waals surface area contributed by atoms with Crippen molar-refractivity contribution in [1.82, 2.24) is 9.80 Å². The Balaban J connectivity index is 1.41. The number of nitrogens with zero attached hydrogens (tertiary/aromatic N) is 2. The molecule has 3 heterocycles. The molecular formula is C43H44N2O2S2. The molecule has 0 radical (unpaired) electrons. The van der Waals surface area contributed by atoms with E-state index < -0.39 is 0 Å². The van der Waals surface area contributed by atoms with Gasteiger partial charge in [-0.05, 0) is 85.0 Å². The van der Waals surface area contributed by atoms with Gasteiger partial charge in [-0.1, -0.05) is 72.8 Å². The Morgan fingerprint density at radius 1 is 0.490 bits per heavy atom. The van der Waals surface area contributed by atoms with E-state index in [0.29, 0.717) is 0 Å². The van der Waals surface area contributed by atoms with Crippen molar-refractivity contribution in [2.24, 2.45) is 0 Å². The zero-order valence-electron chi connectivity index (χ0n) is 28.5. The number of piperidine rings is 2. The quantitative estimate of drug-likeness (QED) is 0.201. The molecule has 250 valence electrons. The van der Waals surface area contributed by atoms with Crippen molar-refractivity contribution < 1.29 is 9.47 Å². The summed E-state index contributed by atoms with van der Waals surface area (Å²) in [5, 5.41) is 1.00. The highest BCUT2D eigenvalue weighted by molar-refractivity contribution is 8.20. The van der Waals surface area contributed by atoms with E-state index in [1.54, 1.807) is 14.2 Å². The maximum atomic E-state index is 5.71. The number of fused-ring (bicyclic) bond motifs is 5. The van der Waals surface area contributed by atoms with E-state index >= 15 is 0 Å². The van der Waals surface area contributed by atoms with Crippen LogP contribution in [0.1, 0.15) is 71.9 Å². The van der Waals surface area contributed by atoms with Crippen molar-refractivity contribution in [3.63, 3.8) is 0 Å². The average Bonchev–Trinajstić information content (AvgIpc) is 3.81. The number of benzene rings is 4. The first-order valence-electron chi connectivity index (χ1n) is 18.0. The van der Waals surface area contributed by atoms with Crippen LogP contribution in [0, 0.1) is 0 Å². The zero-order chi connectivity index (χ0) is 33.0. The third kappa shape index (κ3) is 4.59. The molecule has 0 saturated carbocycles. The lowest BCUT2D eigenvalue weighted by atomic mass is 9.72. The van der Waals surface area contributed by atoms with Crippen molar-refractivity contribution in [1.29, 1.82) is 0 Å². The van der Waals surface area contributed by atoms with Gasteiger partial charge in [-0.2, -0.15) is 0 Å². The van der Waals surface area contributed by atoms with Gasteiger partial charge in [-0.3, -0.25) is 0 Å². The van der Waals surface area contributed by atoms with E-state index in [4.69, 9.17) is 9.47 Å². The van der Waals surface area contributed by atoms with E-state index in [9.17, 15) is 0 Å². The third-order valence-electron chi connectivity index (χ3n) is 11.4. The van der Waals surface area contributed by atoms with Crippen molar-refractivity contribution in [2.45, 2.75) is 48.0 Å². The van der Waals surface area contributed by atoms with E-state index in [2.05, 4.69) is 130 Å². The standard InChI is InChI=1S/C43H44N2O2S2/c1-46-32-21-17-30(18-22-32)38-40(44-25-9-3-10-26-44)34-13-5-7-15-36(34)42(38)43(49-29-48-42)37-16-8-6-14-35(37)41(45-27-11-4-12-28-45)39(43)31-19-23-33(47-2)24-20-31/h5-8,13-24H,3-4,9-12,25-29H2,1-2H3. The second-order valence-corrected chi connectivity index (χ2v) is 16.6. The molecule has 4 aromatic rings. The number of hydrogen-bond donors (Lipinski definition) is 0. The lowest BCUT2D eigenvalue weighted by molar-refractivity contribution is 0.326.